The van der Waals surface area contributed by atoms with E-state index >= 15 is 0 Å². The average Bonchev–Trinajstić information content (AvgIpc) is 2.52. The van der Waals surface area contributed by atoms with Gasteiger partial charge in [-0.25, -0.2) is 4.79 Å². The molecule has 2 amide bonds. The molecule has 7 nitrogen and oxygen atoms in total. The molecule has 0 bridgehead atoms. The lowest BCUT2D eigenvalue weighted by atomic mass is 10.1. The maximum absolute atomic E-state index is 12.7. The fourth-order valence-electron chi connectivity index (χ4n) is 2.31. The van der Waals surface area contributed by atoms with Gasteiger partial charge in [0.15, 0.2) is 0 Å². The van der Waals surface area contributed by atoms with Crippen LogP contribution >= 0.6 is 0 Å². The van der Waals surface area contributed by atoms with Crippen LogP contribution in [0.4, 0.5) is 8.68 Å². The summed E-state index contributed by atoms with van der Waals surface area (Å²) in [5, 5.41) is 2.60. The summed E-state index contributed by atoms with van der Waals surface area (Å²) in [5.74, 6) is -1.44. The first-order valence-corrected chi connectivity index (χ1v) is 8.60. The van der Waals surface area contributed by atoms with Crippen LogP contribution in [0.25, 0.3) is 0 Å². The van der Waals surface area contributed by atoms with Crippen LogP contribution in [0.2, 0.25) is 0 Å². The van der Waals surface area contributed by atoms with Crippen molar-refractivity contribution in [2.24, 2.45) is 5.92 Å². The second-order valence-corrected chi connectivity index (χ2v) is 8.03. The van der Waals surface area contributed by atoms with Gasteiger partial charge in [-0.05, 0) is 27.7 Å². The summed E-state index contributed by atoms with van der Waals surface area (Å²) in [4.78, 5) is 24.8. The van der Waals surface area contributed by atoms with Gasteiger partial charge in [-0.2, -0.15) is 8.42 Å². The molecule has 0 spiro atoms. The van der Waals surface area contributed by atoms with Crippen molar-refractivity contribution in [3.63, 3.8) is 0 Å². The number of halogens is 1. The molecule has 1 aliphatic rings. The number of likely N-dealkylation sites (tertiary alicyclic amines) is 1. The third-order valence-electron chi connectivity index (χ3n) is 2.99. The van der Waals surface area contributed by atoms with Crippen LogP contribution in [0.1, 0.15) is 34.1 Å². The number of nitrogens with one attached hydrogen (secondary N) is 1. The highest BCUT2D eigenvalue weighted by Crippen LogP contribution is 2.20. The van der Waals surface area contributed by atoms with Crippen molar-refractivity contribution in [2.75, 3.05) is 18.8 Å². The molecule has 1 heterocycles. The minimum Gasteiger partial charge on any atom is -0.444 e. The Morgan fingerprint density at radius 2 is 2.09 bits per heavy atom. The first-order chi connectivity index (χ1) is 9.85. The summed E-state index contributed by atoms with van der Waals surface area (Å²) in [5.41, 5.74) is -0.617. The van der Waals surface area contributed by atoms with Crippen molar-refractivity contribution in [1.82, 2.24) is 10.2 Å². The van der Waals surface area contributed by atoms with Crippen LogP contribution in [0.15, 0.2) is 0 Å². The molecule has 0 saturated carbocycles. The molecule has 1 N–H and O–H groups in total. The SMILES string of the molecule is CC(CN1CC(CS(=O)(=O)F)CC1=O)NC(=O)OC(C)(C)C. The molecular formula is C13H23FN2O5S. The molecule has 2 atom stereocenters. The van der Waals surface area contributed by atoms with Crippen LogP contribution in [-0.2, 0) is 19.8 Å². The van der Waals surface area contributed by atoms with Crippen LogP contribution < -0.4 is 5.32 Å². The molecule has 128 valence electrons. The Morgan fingerprint density at radius 3 is 2.59 bits per heavy atom. The van der Waals surface area contributed by atoms with E-state index < -0.39 is 33.6 Å². The number of alkyl carbamates (subject to hydrolysis) is 1. The number of amides is 2. The Bertz CT molecular complexity index is 529. The topological polar surface area (TPSA) is 92.8 Å². The van der Waals surface area contributed by atoms with E-state index in [1.165, 1.54) is 4.90 Å². The summed E-state index contributed by atoms with van der Waals surface area (Å²) in [6.45, 7) is 7.31. The summed E-state index contributed by atoms with van der Waals surface area (Å²) in [7, 11) is -4.59. The van der Waals surface area contributed by atoms with Gasteiger partial charge in [0.1, 0.15) is 5.60 Å². The molecule has 1 aliphatic heterocycles. The minimum atomic E-state index is -4.59. The van der Waals surface area contributed by atoms with E-state index in [0.717, 1.165) is 0 Å². The van der Waals surface area contributed by atoms with Gasteiger partial charge in [0.25, 0.3) is 0 Å². The number of nitrogens with zero attached hydrogens (tertiary/aromatic N) is 1. The Labute approximate surface area is 130 Å². The first-order valence-electron chi connectivity index (χ1n) is 7.05. The number of hydrogen-bond acceptors (Lipinski definition) is 5. The number of carbonyl (C=O) groups excluding carboxylic acids is 2. The standard InChI is InChI=1S/C13H23FN2O5S/c1-9(15-12(18)21-13(2,3)4)6-16-7-10(5-11(16)17)8-22(14,19)20/h9-10H,5-8H2,1-4H3,(H,15,18). The molecular weight excluding hydrogens is 315 g/mol. The lowest BCUT2D eigenvalue weighted by Gasteiger charge is -2.24. The molecule has 0 aromatic rings. The average molecular weight is 338 g/mol. The second kappa shape index (κ2) is 6.80. The van der Waals surface area contributed by atoms with Crippen molar-refractivity contribution in [1.29, 1.82) is 0 Å². The van der Waals surface area contributed by atoms with Crippen molar-refractivity contribution >= 4 is 22.2 Å². The number of rotatable bonds is 5. The molecule has 0 aromatic heterocycles. The molecule has 22 heavy (non-hydrogen) atoms. The Hall–Kier alpha value is -1.38. The Kier molecular flexibility index (Phi) is 5.77. The molecule has 2 unspecified atom stereocenters. The van der Waals surface area contributed by atoms with Crippen molar-refractivity contribution in [2.45, 2.75) is 45.8 Å². The molecule has 0 aliphatic carbocycles. The van der Waals surface area contributed by atoms with E-state index in [-0.39, 0.29) is 31.5 Å². The van der Waals surface area contributed by atoms with Crippen LogP contribution in [0.3, 0.4) is 0 Å². The Balaban J connectivity index is 2.46. The smallest absolute Gasteiger partial charge is 0.407 e. The zero-order valence-electron chi connectivity index (χ0n) is 13.3. The normalized spacial score (nSPS) is 20.9. The minimum absolute atomic E-state index is 0.00229. The maximum Gasteiger partial charge on any atom is 0.407 e. The predicted octanol–water partition coefficient (Wildman–Crippen LogP) is 1.05. The predicted molar refractivity (Wildman–Crippen MR) is 78.4 cm³/mol. The van der Waals surface area contributed by atoms with Crippen LogP contribution in [0, 0.1) is 5.92 Å². The lowest BCUT2D eigenvalue weighted by Crippen LogP contribution is -2.44. The highest BCUT2D eigenvalue weighted by molar-refractivity contribution is 7.86. The van der Waals surface area contributed by atoms with E-state index in [1.54, 1.807) is 27.7 Å². The fourth-order valence-corrected chi connectivity index (χ4v) is 3.09. The van der Waals surface area contributed by atoms with Gasteiger partial charge < -0.3 is 15.0 Å². The van der Waals surface area contributed by atoms with Gasteiger partial charge in [0.2, 0.25) is 5.91 Å². The van der Waals surface area contributed by atoms with Gasteiger partial charge in [-0.3, -0.25) is 4.79 Å². The molecule has 1 saturated heterocycles. The second-order valence-electron chi connectivity index (χ2n) is 6.62. The van der Waals surface area contributed by atoms with Gasteiger partial charge in [0.05, 0.1) is 5.75 Å². The van der Waals surface area contributed by atoms with Gasteiger partial charge >= 0.3 is 16.3 Å². The van der Waals surface area contributed by atoms with E-state index in [1.807, 2.05) is 0 Å². The van der Waals surface area contributed by atoms with E-state index in [2.05, 4.69) is 5.32 Å². The summed E-state index contributed by atoms with van der Waals surface area (Å²) in [6, 6.07) is -0.362. The summed E-state index contributed by atoms with van der Waals surface area (Å²) >= 11 is 0. The molecule has 9 heteroatoms. The van der Waals surface area contributed by atoms with Crippen molar-refractivity contribution in [3.8, 4) is 0 Å². The zero-order chi connectivity index (χ0) is 17.1. The third-order valence-corrected chi connectivity index (χ3v) is 3.86. The maximum atomic E-state index is 12.7. The first kappa shape index (κ1) is 18.7. The Morgan fingerprint density at radius 1 is 1.50 bits per heavy atom. The van der Waals surface area contributed by atoms with Gasteiger partial charge in [-0.15, -0.1) is 3.89 Å². The third kappa shape index (κ3) is 7.06. The number of carbonyl (C=O) groups is 2. The molecule has 1 rings (SSSR count). The van der Waals surface area contributed by atoms with Crippen LogP contribution in [0.5, 0.6) is 0 Å². The number of ether oxygens (including phenoxy) is 1. The molecule has 1 fully saturated rings. The highest BCUT2D eigenvalue weighted by Gasteiger charge is 2.33. The zero-order valence-corrected chi connectivity index (χ0v) is 14.1. The fraction of sp³-hybridized carbons (Fsp3) is 0.846. The molecule has 0 aromatic carbocycles. The quantitative estimate of drug-likeness (QED) is 0.756. The monoisotopic (exact) mass is 338 g/mol. The van der Waals surface area contributed by atoms with Crippen molar-refractivity contribution in [3.05, 3.63) is 0 Å². The van der Waals surface area contributed by atoms with E-state index in [4.69, 9.17) is 4.74 Å². The number of hydrogen-bond donors (Lipinski definition) is 1. The van der Waals surface area contributed by atoms with Gasteiger partial charge in [-0.1, -0.05) is 0 Å². The largest absolute Gasteiger partial charge is 0.444 e. The highest BCUT2D eigenvalue weighted by atomic mass is 32.3. The van der Waals surface area contributed by atoms with Gasteiger partial charge in [0, 0.05) is 31.5 Å². The summed E-state index contributed by atoms with van der Waals surface area (Å²) in [6.07, 6.45) is -0.586. The molecule has 0 radical (unpaired) electrons. The van der Waals surface area contributed by atoms with Crippen molar-refractivity contribution < 1.29 is 26.6 Å². The van der Waals surface area contributed by atoms with E-state index in [0.29, 0.717) is 0 Å². The summed E-state index contributed by atoms with van der Waals surface area (Å²) < 4.78 is 39.0. The lowest BCUT2D eigenvalue weighted by molar-refractivity contribution is -0.128. The van der Waals surface area contributed by atoms with E-state index in [9.17, 15) is 21.9 Å². The van der Waals surface area contributed by atoms with Crippen LogP contribution in [-0.4, -0.2) is 55.8 Å².